The zero-order valence-electron chi connectivity index (χ0n) is 35.7. The normalized spacial score (nSPS) is 14.4. The Morgan fingerprint density at radius 2 is 0.778 bits per heavy atom. The number of rotatable bonds is 42. The van der Waals surface area contributed by atoms with Crippen molar-refractivity contribution in [1.82, 2.24) is 5.32 Å². The van der Waals surface area contributed by atoms with Gasteiger partial charge in [-0.1, -0.05) is 204 Å². The monoisotopic (exact) mass is 762 g/mol. The van der Waals surface area contributed by atoms with Crippen molar-refractivity contribution < 1.29 is 25.2 Å². The fraction of sp³-hybridized carbons (Fsp3) is 0.854. The maximum Gasteiger partial charge on any atom is 0.249 e. The van der Waals surface area contributed by atoms with E-state index in [1.54, 1.807) is 0 Å². The highest BCUT2D eigenvalue weighted by atomic mass is 16.3. The Kier molecular flexibility index (Phi) is 41.5. The second kappa shape index (κ2) is 42.7. The van der Waals surface area contributed by atoms with E-state index in [-0.39, 0.29) is 0 Å². The number of unbranched alkanes of at least 4 members (excludes halogenated alkanes) is 27. The SMILES string of the molecule is CCCCCCCC/C=C/CC/C=C/CC/C=C/CCCC(O)C(O)C(CO)NC(=O)C(O)CCCCCCCCCCCCCCCCCCCCC. The molecule has 0 aromatic carbocycles. The molecule has 0 saturated carbocycles. The number of hydrogen-bond acceptors (Lipinski definition) is 5. The minimum atomic E-state index is -1.29. The van der Waals surface area contributed by atoms with E-state index in [4.69, 9.17) is 0 Å². The lowest BCUT2D eigenvalue weighted by Crippen LogP contribution is -2.53. The third-order valence-corrected chi connectivity index (χ3v) is 10.8. The van der Waals surface area contributed by atoms with Crippen LogP contribution in [0.3, 0.4) is 0 Å². The maximum atomic E-state index is 12.5. The molecule has 0 aliphatic heterocycles. The summed E-state index contributed by atoms with van der Waals surface area (Å²) in [4.78, 5) is 12.5. The van der Waals surface area contributed by atoms with Crippen molar-refractivity contribution >= 4 is 5.91 Å². The highest BCUT2D eigenvalue weighted by Gasteiger charge is 2.28. The van der Waals surface area contributed by atoms with Gasteiger partial charge in [0.05, 0.1) is 18.8 Å². The van der Waals surface area contributed by atoms with Crippen LogP contribution in [-0.4, -0.2) is 57.3 Å². The Labute approximate surface area is 335 Å². The number of carbonyl (C=O) groups is 1. The molecule has 0 rings (SSSR count). The zero-order valence-corrected chi connectivity index (χ0v) is 35.7. The van der Waals surface area contributed by atoms with Gasteiger partial charge in [0.25, 0.3) is 0 Å². The Morgan fingerprint density at radius 1 is 0.444 bits per heavy atom. The largest absolute Gasteiger partial charge is 0.394 e. The van der Waals surface area contributed by atoms with Gasteiger partial charge in [-0.3, -0.25) is 4.79 Å². The molecule has 0 spiro atoms. The number of nitrogens with one attached hydrogen (secondary N) is 1. The maximum absolute atomic E-state index is 12.5. The number of allylic oxidation sites excluding steroid dienone is 6. The predicted octanol–water partition coefficient (Wildman–Crippen LogP) is 12.5. The molecule has 0 aromatic rings. The fourth-order valence-electron chi connectivity index (χ4n) is 7.08. The van der Waals surface area contributed by atoms with Crippen LogP contribution in [0.1, 0.15) is 232 Å². The molecule has 0 aromatic heterocycles. The molecule has 6 nitrogen and oxygen atoms in total. The van der Waals surface area contributed by atoms with Crippen LogP contribution in [0.25, 0.3) is 0 Å². The summed E-state index contributed by atoms with van der Waals surface area (Å²) in [5.41, 5.74) is 0. The van der Waals surface area contributed by atoms with Crippen LogP contribution in [0.5, 0.6) is 0 Å². The number of hydrogen-bond donors (Lipinski definition) is 5. The van der Waals surface area contributed by atoms with E-state index >= 15 is 0 Å². The standard InChI is InChI=1S/C48H91NO5/c1-3-5-7-9-11-13-15-17-19-21-23-25-27-29-31-33-35-37-39-41-45(51)47(53)44(43-50)49-48(54)46(52)42-40-38-36-34-32-30-28-26-24-22-20-18-16-14-12-10-8-6-4-2/h17,19,25,27,33,35,44-47,50-53H,3-16,18,20-24,26,28-32,34,36-43H2,1-2H3,(H,49,54)/b19-17+,27-25+,35-33+. The van der Waals surface area contributed by atoms with Crippen molar-refractivity contribution in [3.05, 3.63) is 36.5 Å². The van der Waals surface area contributed by atoms with Crippen LogP contribution in [-0.2, 0) is 4.79 Å². The summed E-state index contributed by atoms with van der Waals surface area (Å²) in [7, 11) is 0. The lowest BCUT2D eigenvalue weighted by Gasteiger charge is -2.27. The van der Waals surface area contributed by atoms with Gasteiger partial charge in [0.1, 0.15) is 12.2 Å². The summed E-state index contributed by atoms with van der Waals surface area (Å²) in [5.74, 6) is -0.598. The van der Waals surface area contributed by atoms with E-state index in [0.717, 1.165) is 51.4 Å². The van der Waals surface area contributed by atoms with Crippen LogP contribution in [0.2, 0.25) is 0 Å². The van der Waals surface area contributed by atoms with Crippen molar-refractivity contribution in [3.8, 4) is 0 Å². The van der Waals surface area contributed by atoms with Gasteiger partial charge in [0, 0.05) is 0 Å². The molecule has 0 heterocycles. The molecule has 4 atom stereocenters. The van der Waals surface area contributed by atoms with Gasteiger partial charge in [-0.15, -0.1) is 0 Å². The molecule has 54 heavy (non-hydrogen) atoms. The Morgan fingerprint density at radius 3 is 1.17 bits per heavy atom. The highest BCUT2D eigenvalue weighted by molar-refractivity contribution is 5.80. The van der Waals surface area contributed by atoms with E-state index in [1.165, 1.54) is 148 Å². The highest BCUT2D eigenvalue weighted by Crippen LogP contribution is 2.16. The Bertz CT molecular complexity index is 858. The van der Waals surface area contributed by atoms with Gasteiger partial charge in [0.15, 0.2) is 0 Å². The average Bonchev–Trinajstić information content (AvgIpc) is 3.18. The molecule has 0 saturated heterocycles. The fourth-order valence-corrected chi connectivity index (χ4v) is 7.08. The molecule has 5 N–H and O–H groups in total. The van der Waals surface area contributed by atoms with E-state index in [9.17, 15) is 25.2 Å². The molecule has 0 bridgehead atoms. The van der Waals surface area contributed by atoms with Gasteiger partial charge < -0.3 is 25.7 Å². The van der Waals surface area contributed by atoms with Crippen molar-refractivity contribution in [2.45, 2.75) is 257 Å². The van der Waals surface area contributed by atoms with Gasteiger partial charge in [-0.2, -0.15) is 0 Å². The first kappa shape index (κ1) is 52.5. The third kappa shape index (κ3) is 36.2. The molecule has 0 aliphatic carbocycles. The molecule has 4 unspecified atom stereocenters. The topological polar surface area (TPSA) is 110 Å². The number of carbonyl (C=O) groups excluding carboxylic acids is 1. The van der Waals surface area contributed by atoms with Crippen molar-refractivity contribution in [2.75, 3.05) is 6.61 Å². The average molecular weight is 762 g/mol. The molecular weight excluding hydrogens is 671 g/mol. The zero-order chi connectivity index (χ0) is 39.6. The van der Waals surface area contributed by atoms with E-state index in [0.29, 0.717) is 19.3 Å². The van der Waals surface area contributed by atoms with Crippen LogP contribution in [0.4, 0.5) is 0 Å². The minimum Gasteiger partial charge on any atom is -0.394 e. The smallest absolute Gasteiger partial charge is 0.249 e. The second-order valence-electron chi connectivity index (χ2n) is 16.1. The van der Waals surface area contributed by atoms with E-state index in [1.807, 2.05) is 0 Å². The molecule has 318 valence electrons. The van der Waals surface area contributed by atoms with Gasteiger partial charge >= 0.3 is 0 Å². The Hall–Kier alpha value is -1.47. The van der Waals surface area contributed by atoms with Gasteiger partial charge in [0.2, 0.25) is 5.91 Å². The summed E-state index contributed by atoms with van der Waals surface area (Å²) in [6, 6.07) is -1.01. The number of amides is 1. The minimum absolute atomic E-state index is 0.361. The lowest BCUT2D eigenvalue weighted by molar-refractivity contribution is -0.132. The molecule has 1 amide bonds. The van der Waals surface area contributed by atoms with Crippen LogP contribution < -0.4 is 5.32 Å². The summed E-state index contributed by atoms with van der Waals surface area (Å²) < 4.78 is 0. The molecule has 6 heteroatoms. The quantitative estimate of drug-likeness (QED) is 0.0314. The summed E-state index contributed by atoms with van der Waals surface area (Å²) in [6.45, 7) is 4.04. The first-order chi connectivity index (χ1) is 26.5. The second-order valence-corrected chi connectivity index (χ2v) is 16.1. The first-order valence-electron chi connectivity index (χ1n) is 23.4. The summed E-state index contributed by atoms with van der Waals surface area (Å²) >= 11 is 0. The third-order valence-electron chi connectivity index (χ3n) is 10.8. The van der Waals surface area contributed by atoms with Crippen molar-refractivity contribution in [2.24, 2.45) is 0 Å². The van der Waals surface area contributed by atoms with Crippen molar-refractivity contribution in [3.63, 3.8) is 0 Å². The number of aliphatic hydroxyl groups excluding tert-OH is 4. The molecule has 0 radical (unpaired) electrons. The first-order valence-corrected chi connectivity index (χ1v) is 23.4. The summed E-state index contributed by atoms with van der Waals surface area (Å²) in [5, 5.41) is 43.7. The van der Waals surface area contributed by atoms with Crippen LogP contribution >= 0.6 is 0 Å². The summed E-state index contributed by atoms with van der Waals surface area (Å²) in [6.07, 6.45) is 50.3. The van der Waals surface area contributed by atoms with E-state index < -0.39 is 36.9 Å². The van der Waals surface area contributed by atoms with Crippen LogP contribution in [0, 0.1) is 0 Å². The molecular formula is C48H91NO5. The Balaban J connectivity index is 3.78. The van der Waals surface area contributed by atoms with Crippen LogP contribution in [0.15, 0.2) is 36.5 Å². The number of aliphatic hydroxyl groups is 4. The molecule has 0 fully saturated rings. The molecule has 0 aliphatic rings. The van der Waals surface area contributed by atoms with Gasteiger partial charge in [-0.05, 0) is 64.2 Å². The lowest BCUT2D eigenvalue weighted by atomic mass is 10.00. The van der Waals surface area contributed by atoms with E-state index in [2.05, 4.69) is 55.6 Å². The van der Waals surface area contributed by atoms with Crippen molar-refractivity contribution in [1.29, 1.82) is 0 Å². The predicted molar refractivity (Wildman–Crippen MR) is 233 cm³/mol. The van der Waals surface area contributed by atoms with Gasteiger partial charge in [-0.25, -0.2) is 0 Å².